The zero-order valence-corrected chi connectivity index (χ0v) is 13.5. The van der Waals surface area contributed by atoms with Gasteiger partial charge in [0.15, 0.2) is 0 Å². The van der Waals surface area contributed by atoms with Crippen LogP contribution in [-0.4, -0.2) is 16.8 Å². The molecule has 24 heavy (non-hydrogen) atoms. The highest BCUT2D eigenvalue weighted by Gasteiger charge is 2.14. The highest BCUT2D eigenvalue weighted by Crippen LogP contribution is 2.26. The molecule has 0 amide bonds. The Balaban J connectivity index is 2.34. The Morgan fingerprint density at radius 1 is 1.29 bits per heavy atom. The van der Waals surface area contributed by atoms with Gasteiger partial charge in [0.2, 0.25) is 0 Å². The van der Waals surface area contributed by atoms with Gasteiger partial charge < -0.3 is 9.84 Å². The maximum Gasteiger partial charge on any atom is 0.264 e. The first-order valence-electron chi connectivity index (χ1n) is 7.12. The molecule has 0 aliphatic rings. The minimum absolute atomic E-state index is 0.186. The van der Waals surface area contributed by atoms with E-state index in [0.717, 1.165) is 0 Å². The quantitative estimate of drug-likeness (QED) is 0.795. The Labute approximate surface area is 142 Å². The van der Waals surface area contributed by atoms with Crippen molar-refractivity contribution in [2.24, 2.45) is 0 Å². The molecule has 0 saturated carbocycles. The molecule has 1 aromatic heterocycles. The number of aliphatic hydroxyl groups is 1. The summed E-state index contributed by atoms with van der Waals surface area (Å²) in [4.78, 5) is 12.9. The Morgan fingerprint density at radius 3 is 2.58 bits per heavy atom. The van der Waals surface area contributed by atoms with Gasteiger partial charge in [0, 0.05) is 17.3 Å². The zero-order valence-electron chi connectivity index (χ0n) is 12.8. The van der Waals surface area contributed by atoms with Crippen LogP contribution >= 0.6 is 11.6 Å². The van der Waals surface area contributed by atoms with Crippen LogP contribution < -0.4 is 10.3 Å². The minimum atomic E-state index is -0.347. The number of hydrogen-bond donors (Lipinski definition) is 1. The van der Waals surface area contributed by atoms with E-state index in [1.54, 1.807) is 37.4 Å². The maximum atomic E-state index is 12.9. The van der Waals surface area contributed by atoms with Gasteiger partial charge in [0.1, 0.15) is 5.75 Å². The predicted octanol–water partition coefficient (Wildman–Crippen LogP) is 3.02. The molecule has 3 aromatic rings. The SMILES string of the molecule is COc1ccc(-n2cc(Cl)c3cc(CO)cc(C#N)c3c2=O)cc1. The van der Waals surface area contributed by atoms with Gasteiger partial charge in [0.05, 0.1) is 35.8 Å². The lowest BCUT2D eigenvalue weighted by atomic mass is 10.0. The average Bonchev–Trinajstić information content (AvgIpc) is 2.63. The number of methoxy groups -OCH3 is 1. The summed E-state index contributed by atoms with van der Waals surface area (Å²) in [5.41, 5.74) is 0.981. The number of aliphatic hydroxyl groups excluding tert-OH is 1. The van der Waals surface area contributed by atoms with E-state index in [1.165, 1.54) is 16.8 Å². The number of fused-ring (bicyclic) bond motifs is 1. The van der Waals surface area contributed by atoms with Crippen molar-refractivity contribution < 1.29 is 9.84 Å². The second-order valence-corrected chi connectivity index (χ2v) is 5.59. The molecule has 0 bridgehead atoms. The summed E-state index contributed by atoms with van der Waals surface area (Å²) in [7, 11) is 1.56. The van der Waals surface area contributed by atoms with E-state index in [2.05, 4.69) is 0 Å². The largest absolute Gasteiger partial charge is 0.497 e. The summed E-state index contributed by atoms with van der Waals surface area (Å²) in [6.07, 6.45) is 1.51. The standard InChI is InChI=1S/C18H13ClN2O3/c1-24-14-4-2-13(3-5-14)21-9-16(19)15-7-11(10-22)6-12(8-20)17(15)18(21)23/h2-7,9,22H,10H2,1H3. The van der Waals surface area contributed by atoms with Crippen LogP contribution in [0.1, 0.15) is 11.1 Å². The summed E-state index contributed by atoms with van der Waals surface area (Å²) < 4.78 is 6.50. The molecule has 0 unspecified atom stereocenters. The molecule has 120 valence electrons. The minimum Gasteiger partial charge on any atom is -0.497 e. The highest BCUT2D eigenvalue weighted by atomic mass is 35.5. The van der Waals surface area contributed by atoms with Crippen LogP contribution in [0.3, 0.4) is 0 Å². The van der Waals surface area contributed by atoms with Gasteiger partial charge in [-0.1, -0.05) is 11.6 Å². The van der Waals surface area contributed by atoms with Gasteiger partial charge in [-0.05, 0) is 42.0 Å². The second-order valence-electron chi connectivity index (χ2n) is 5.19. The van der Waals surface area contributed by atoms with Gasteiger partial charge in [0.25, 0.3) is 5.56 Å². The normalized spacial score (nSPS) is 10.6. The Kier molecular flexibility index (Phi) is 4.26. The van der Waals surface area contributed by atoms with Crippen LogP contribution in [-0.2, 0) is 6.61 Å². The van der Waals surface area contributed by atoms with Crippen LogP contribution in [0.15, 0.2) is 47.4 Å². The number of ether oxygens (including phenoxy) is 1. The molecule has 0 aliphatic heterocycles. The number of halogens is 1. The first-order chi connectivity index (χ1) is 11.6. The van der Waals surface area contributed by atoms with Gasteiger partial charge in [-0.15, -0.1) is 0 Å². The fourth-order valence-corrected chi connectivity index (χ4v) is 2.84. The molecule has 0 fully saturated rings. The van der Waals surface area contributed by atoms with Crippen LogP contribution in [0, 0.1) is 11.3 Å². The van der Waals surface area contributed by atoms with E-state index in [0.29, 0.717) is 27.4 Å². The lowest BCUT2D eigenvalue weighted by molar-refractivity contribution is 0.282. The van der Waals surface area contributed by atoms with Crippen molar-refractivity contribution in [1.29, 1.82) is 5.26 Å². The van der Waals surface area contributed by atoms with E-state index in [4.69, 9.17) is 16.3 Å². The van der Waals surface area contributed by atoms with Crippen molar-refractivity contribution in [3.8, 4) is 17.5 Å². The van der Waals surface area contributed by atoms with E-state index >= 15 is 0 Å². The number of nitrogens with zero attached hydrogens (tertiary/aromatic N) is 2. The molecule has 1 N–H and O–H groups in total. The fourth-order valence-electron chi connectivity index (χ4n) is 2.60. The molecular formula is C18H13ClN2O3. The number of nitriles is 1. The molecule has 0 aliphatic carbocycles. The first kappa shape index (κ1) is 16.1. The van der Waals surface area contributed by atoms with Crippen molar-refractivity contribution in [3.63, 3.8) is 0 Å². The zero-order chi connectivity index (χ0) is 17.3. The summed E-state index contributed by atoms with van der Waals surface area (Å²) in [6.45, 7) is -0.234. The molecule has 0 radical (unpaired) electrons. The van der Waals surface area contributed by atoms with E-state index in [1.807, 2.05) is 6.07 Å². The third kappa shape index (κ3) is 2.62. The van der Waals surface area contributed by atoms with Gasteiger partial charge in [-0.3, -0.25) is 9.36 Å². The number of hydrogen-bond acceptors (Lipinski definition) is 4. The van der Waals surface area contributed by atoms with Crippen molar-refractivity contribution in [2.75, 3.05) is 7.11 Å². The second kappa shape index (κ2) is 6.36. The van der Waals surface area contributed by atoms with Crippen molar-refractivity contribution >= 4 is 22.4 Å². The highest BCUT2D eigenvalue weighted by molar-refractivity contribution is 6.35. The molecule has 3 rings (SSSR count). The lowest BCUT2D eigenvalue weighted by Crippen LogP contribution is -2.19. The van der Waals surface area contributed by atoms with E-state index in [9.17, 15) is 15.2 Å². The summed E-state index contributed by atoms with van der Waals surface area (Å²) in [5, 5.41) is 19.7. The fraction of sp³-hybridized carbons (Fsp3) is 0.111. The van der Waals surface area contributed by atoms with E-state index in [-0.39, 0.29) is 23.1 Å². The van der Waals surface area contributed by atoms with Crippen molar-refractivity contribution in [3.05, 3.63) is 69.1 Å². The van der Waals surface area contributed by atoms with Crippen LogP contribution in [0.4, 0.5) is 0 Å². The number of pyridine rings is 1. The first-order valence-corrected chi connectivity index (χ1v) is 7.50. The van der Waals surface area contributed by atoms with Crippen molar-refractivity contribution in [2.45, 2.75) is 6.61 Å². The molecule has 0 saturated heterocycles. The van der Waals surface area contributed by atoms with Gasteiger partial charge >= 0.3 is 0 Å². The summed E-state index contributed by atoms with van der Waals surface area (Å²) in [6, 6.07) is 12.1. The molecule has 2 aromatic carbocycles. The summed E-state index contributed by atoms with van der Waals surface area (Å²) >= 11 is 6.33. The maximum absolute atomic E-state index is 12.9. The lowest BCUT2D eigenvalue weighted by Gasteiger charge is -2.11. The smallest absolute Gasteiger partial charge is 0.264 e. The third-order valence-electron chi connectivity index (χ3n) is 3.78. The molecular weight excluding hydrogens is 328 g/mol. The van der Waals surface area contributed by atoms with Crippen molar-refractivity contribution in [1.82, 2.24) is 4.57 Å². The van der Waals surface area contributed by atoms with Crippen LogP contribution in [0.25, 0.3) is 16.5 Å². The van der Waals surface area contributed by atoms with Crippen LogP contribution in [0.5, 0.6) is 5.75 Å². The number of rotatable bonds is 3. The monoisotopic (exact) mass is 340 g/mol. The molecule has 0 spiro atoms. The number of benzene rings is 2. The Hall–Kier alpha value is -2.81. The van der Waals surface area contributed by atoms with Crippen LogP contribution in [0.2, 0.25) is 5.02 Å². The Bertz CT molecular complexity index is 1020. The van der Waals surface area contributed by atoms with Gasteiger partial charge in [-0.25, -0.2) is 0 Å². The molecule has 6 heteroatoms. The average molecular weight is 341 g/mol. The third-order valence-corrected chi connectivity index (χ3v) is 4.09. The topological polar surface area (TPSA) is 75.2 Å². The summed E-state index contributed by atoms with van der Waals surface area (Å²) in [5.74, 6) is 0.670. The molecule has 0 atom stereocenters. The van der Waals surface area contributed by atoms with E-state index < -0.39 is 0 Å². The number of aromatic nitrogens is 1. The molecule has 1 heterocycles. The van der Waals surface area contributed by atoms with Gasteiger partial charge in [-0.2, -0.15) is 5.26 Å². The predicted molar refractivity (Wildman–Crippen MR) is 91.7 cm³/mol. The molecule has 5 nitrogen and oxygen atoms in total. The Morgan fingerprint density at radius 2 is 2.00 bits per heavy atom.